The predicted molar refractivity (Wildman–Crippen MR) is 52.8 cm³/mol. The standard InChI is InChI=1S/C10H10F6N2O/c11-9(12,13)8(10(14,15)16)19-5-6-1-2-18-7(3-6)4-17/h1-3,8H,4-5,17H2. The van der Waals surface area contributed by atoms with Crippen LogP contribution in [-0.4, -0.2) is 23.4 Å². The van der Waals surface area contributed by atoms with Gasteiger partial charge in [-0.15, -0.1) is 0 Å². The van der Waals surface area contributed by atoms with E-state index in [-0.39, 0.29) is 12.1 Å². The summed E-state index contributed by atoms with van der Waals surface area (Å²) < 4.78 is 77.1. The fraction of sp³-hybridized carbons (Fsp3) is 0.500. The Kier molecular flexibility index (Phi) is 4.75. The van der Waals surface area contributed by atoms with Gasteiger partial charge in [0, 0.05) is 12.7 Å². The summed E-state index contributed by atoms with van der Waals surface area (Å²) in [5.41, 5.74) is 5.73. The van der Waals surface area contributed by atoms with Gasteiger partial charge in [0.1, 0.15) is 0 Å². The lowest BCUT2D eigenvalue weighted by atomic mass is 10.2. The van der Waals surface area contributed by atoms with Crippen LogP contribution in [0.25, 0.3) is 0 Å². The zero-order chi connectivity index (χ0) is 14.7. The lowest BCUT2D eigenvalue weighted by molar-refractivity contribution is -0.324. The van der Waals surface area contributed by atoms with Crippen molar-refractivity contribution in [1.29, 1.82) is 0 Å². The number of hydrogen-bond donors (Lipinski definition) is 1. The van der Waals surface area contributed by atoms with Crippen molar-refractivity contribution in [3.63, 3.8) is 0 Å². The summed E-state index contributed by atoms with van der Waals surface area (Å²) in [6.07, 6.45) is -13.6. The molecule has 0 aliphatic rings. The van der Waals surface area contributed by atoms with Crippen LogP contribution in [0.2, 0.25) is 0 Å². The fourth-order valence-corrected chi connectivity index (χ4v) is 1.28. The van der Waals surface area contributed by atoms with Gasteiger partial charge in [-0.1, -0.05) is 0 Å². The number of pyridine rings is 1. The largest absolute Gasteiger partial charge is 0.423 e. The smallest absolute Gasteiger partial charge is 0.356 e. The minimum atomic E-state index is -5.51. The number of nitrogens with zero attached hydrogens (tertiary/aromatic N) is 1. The molecule has 0 saturated carbocycles. The van der Waals surface area contributed by atoms with E-state index in [2.05, 4.69) is 9.72 Å². The van der Waals surface area contributed by atoms with Crippen molar-refractivity contribution in [2.45, 2.75) is 31.6 Å². The average Bonchev–Trinajstić information content (AvgIpc) is 2.26. The Morgan fingerprint density at radius 3 is 2.21 bits per heavy atom. The van der Waals surface area contributed by atoms with Crippen molar-refractivity contribution >= 4 is 0 Å². The van der Waals surface area contributed by atoms with Crippen LogP contribution in [0.3, 0.4) is 0 Å². The quantitative estimate of drug-likeness (QED) is 0.866. The van der Waals surface area contributed by atoms with Crippen molar-refractivity contribution in [2.24, 2.45) is 5.73 Å². The van der Waals surface area contributed by atoms with Gasteiger partial charge in [0.05, 0.1) is 12.3 Å². The normalized spacial score (nSPS) is 13.1. The second-order valence-electron chi connectivity index (χ2n) is 3.63. The van der Waals surface area contributed by atoms with Crippen LogP contribution in [0, 0.1) is 0 Å². The van der Waals surface area contributed by atoms with Crippen LogP contribution in [0.5, 0.6) is 0 Å². The summed E-state index contributed by atoms with van der Waals surface area (Å²) in [4.78, 5) is 3.76. The maximum absolute atomic E-state index is 12.2. The Balaban J connectivity index is 2.77. The zero-order valence-electron chi connectivity index (χ0n) is 9.42. The molecule has 1 aromatic rings. The van der Waals surface area contributed by atoms with E-state index in [0.717, 1.165) is 0 Å². The van der Waals surface area contributed by atoms with E-state index >= 15 is 0 Å². The van der Waals surface area contributed by atoms with Crippen molar-refractivity contribution < 1.29 is 31.1 Å². The highest BCUT2D eigenvalue weighted by atomic mass is 19.4. The summed E-state index contributed by atoms with van der Waals surface area (Å²) in [6.45, 7) is -0.810. The minimum Gasteiger partial charge on any atom is -0.356 e. The molecular weight excluding hydrogens is 278 g/mol. The maximum Gasteiger partial charge on any atom is 0.423 e. The van der Waals surface area contributed by atoms with E-state index in [1.807, 2.05) is 0 Å². The number of hydrogen-bond acceptors (Lipinski definition) is 3. The summed E-state index contributed by atoms with van der Waals surface area (Å²) in [6, 6.07) is 2.53. The van der Waals surface area contributed by atoms with Crippen molar-refractivity contribution in [2.75, 3.05) is 0 Å². The summed E-state index contributed by atoms with van der Waals surface area (Å²) >= 11 is 0. The summed E-state index contributed by atoms with van der Waals surface area (Å²) in [5, 5.41) is 0. The molecule has 0 saturated heterocycles. The van der Waals surface area contributed by atoms with Crippen LogP contribution in [0.4, 0.5) is 26.3 Å². The van der Waals surface area contributed by atoms with Gasteiger partial charge in [0.15, 0.2) is 0 Å². The molecule has 0 atom stereocenters. The maximum atomic E-state index is 12.2. The second-order valence-corrected chi connectivity index (χ2v) is 3.63. The molecule has 108 valence electrons. The van der Waals surface area contributed by atoms with Gasteiger partial charge in [0.25, 0.3) is 0 Å². The molecule has 0 bridgehead atoms. The molecule has 3 nitrogen and oxygen atoms in total. The highest BCUT2D eigenvalue weighted by Crippen LogP contribution is 2.36. The SMILES string of the molecule is NCc1cc(COC(C(F)(F)F)C(F)(F)F)ccn1. The van der Waals surface area contributed by atoms with Crippen molar-refractivity contribution in [3.8, 4) is 0 Å². The predicted octanol–water partition coefficient (Wildman–Crippen LogP) is 2.55. The molecule has 0 aliphatic heterocycles. The molecule has 0 amide bonds. The van der Waals surface area contributed by atoms with E-state index in [0.29, 0.717) is 5.69 Å². The van der Waals surface area contributed by atoms with Gasteiger partial charge in [0.2, 0.25) is 6.10 Å². The molecule has 0 unspecified atom stereocenters. The summed E-state index contributed by atoms with van der Waals surface area (Å²) in [7, 11) is 0. The van der Waals surface area contributed by atoms with Gasteiger partial charge >= 0.3 is 12.4 Å². The molecule has 0 aliphatic carbocycles. The number of ether oxygens (including phenoxy) is 1. The van der Waals surface area contributed by atoms with Gasteiger partial charge in [-0.2, -0.15) is 26.3 Å². The minimum absolute atomic E-state index is 0.0236. The molecule has 1 rings (SSSR count). The molecular formula is C10H10F6N2O. The van der Waals surface area contributed by atoms with Gasteiger partial charge in [-0.3, -0.25) is 4.98 Å². The van der Waals surface area contributed by atoms with Crippen LogP contribution < -0.4 is 5.73 Å². The highest BCUT2D eigenvalue weighted by Gasteiger charge is 2.57. The Bertz CT molecular complexity index is 403. The van der Waals surface area contributed by atoms with Crippen LogP contribution in [0.15, 0.2) is 18.3 Å². The van der Waals surface area contributed by atoms with Crippen molar-refractivity contribution in [3.05, 3.63) is 29.6 Å². The van der Waals surface area contributed by atoms with Gasteiger partial charge in [-0.05, 0) is 17.7 Å². The van der Waals surface area contributed by atoms with E-state index in [1.54, 1.807) is 0 Å². The number of alkyl halides is 6. The molecule has 2 N–H and O–H groups in total. The monoisotopic (exact) mass is 288 g/mol. The van der Waals surface area contributed by atoms with Gasteiger partial charge in [-0.25, -0.2) is 0 Å². The molecule has 9 heteroatoms. The van der Waals surface area contributed by atoms with E-state index in [9.17, 15) is 26.3 Å². The van der Waals surface area contributed by atoms with E-state index in [1.165, 1.54) is 18.3 Å². The number of nitrogens with two attached hydrogens (primary N) is 1. The third-order valence-corrected chi connectivity index (χ3v) is 2.10. The Labute approximate surface area is 104 Å². The Hall–Kier alpha value is -1.35. The molecule has 0 spiro atoms. The summed E-state index contributed by atoms with van der Waals surface area (Å²) in [5.74, 6) is 0. The molecule has 1 aromatic heterocycles. The zero-order valence-corrected chi connectivity index (χ0v) is 9.42. The Morgan fingerprint density at radius 1 is 1.16 bits per heavy atom. The van der Waals surface area contributed by atoms with Crippen LogP contribution in [-0.2, 0) is 17.9 Å². The van der Waals surface area contributed by atoms with Crippen LogP contribution in [0.1, 0.15) is 11.3 Å². The topological polar surface area (TPSA) is 48.1 Å². The first-order chi connectivity index (χ1) is 8.64. The average molecular weight is 288 g/mol. The molecule has 1 heterocycles. The number of rotatable bonds is 4. The third kappa shape index (κ3) is 4.67. The number of aromatic nitrogens is 1. The lowest BCUT2D eigenvalue weighted by Gasteiger charge is -2.23. The third-order valence-electron chi connectivity index (χ3n) is 2.10. The first-order valence-corrected chi connectivity index (χ1v) is 5.03. The molecule has 0 radical (unpaired) electrons. The van der Waals surface area contributed by atoms with Crippen LogP contribution >= 0.6 is 0 Å². The first kappa shape index (κ1) is 15.7. The molecule has 0 fully saturated rings. The highest BCUT2D eigenvalue weighted by molar-refractivity contribution is 5.15. The fourth-order valence-electron chi connectivity index (χ4n) is 1.28. The van der Waals surface area contributed by atoms with E-state index in [4.69, 9.17) is 5.73 Å². The second kappa shape index (κ2) is 5.74. The van der Waals surface area contributed by atoms with Crippen molar-refractivity contribution in [1.82, 2.24) is 4.98 Å². The Morgan fingerprint density at radius 2 is 1.74 bits per heavy atom. The lowest BCUT2D eigenvalue weighted by Crippen LogP contribution is -2.44. The van der Waals surface area contributed by atoms with E-state index < -0.39 is 25.1 Å². The number of halogens is 6. The first-order valence-electron chi connectivity index (χ1n) is 5.03. The molecule has 19 heavy (non-hydrogen) atoms. The molecule has 0 aromatic carbocycles. The van der Waals surface area contributed by atoms with Gasteiger partial charge < -0.3 is 10.5 Å².